The summed E-state index contributed by atoms with van der Waals surface area (Å²) in [5.41, 5.74) is 0. The average molecular weight is 494 g/mol. The highest BCUT2D eigenvalue weighted by atomic mass is 32.2. The predicted octanol–water partition coefficient (Wildman–Crippen LogP) is 1.57. The number of hydrogen-bond acceptors (Lipinski definition) is 11. The molecule has 12 heteroatoms. The zero-order chi connectivity index (χ0) is 24.3. The Bertz CT molecular complexity index is 644. The molecular weight excluding hydrogens is 460 g/mol. The minimum absolute atomic E-state index is 0.274. The van der Waals surface area contributed by atoms with Gasteiger partial charge in [0.15, 0.2) is 24.6 Å². The molecule has 0 aliphatic carbocycles. The summed E-state index contributed by atoms with van der Waals surface area (Å²) < 4.78 is 32.7. The van der Waals surface area contributed by atoms with Gasteiger partial charge in [-0.25, -0.2) is 0 Å². The third-order valence-corrected chi connectivity index (χ3v) is 6.76. The van der Waals surface area contributed by atoms with E-state index in [2.05, 4.69) is 13.1 Å². The Morgan fingerprint density at radius 2 is 1.38 bits per heavy atom. The number of thioether (sulfide) groups is 1. The fourth-order valence-electron chi connectivity index (χ4n) is 2.92. The first-order valence-corrected chi connectivity index (χ1v) is 14.2. The van der Waals surface area contributed by atoms with Crippen LogP contribution in [0.1, 0.15) is 27.7 Å². The van der Waals surface area contributed by atoms with Gasteiger partial charge in [0.25, 0.3) is 0 Å². The summed E-state index contributed by atoms with van der Waals surface area (Å²) in [6.07, 6.45) is -5.68. The van der Waals surface area contributed by atoms with Crippen molar-refractivity contribution < 1.29 is 47.6 Å². The van der Waals surface area contributed by atoms with Crippen molar-refractivity contribution >= 4 is 44.4 Å². The first kappa shape index (κ1) is 28.4. The molecule has 0 N–H and O–H groups in total. The second-order valence-corrected chi connectivity index (χ2v) is 11.6. The second kappa shape index (κ2) is 14.5. The molecule has 1 aliphatic rings. The van der Waals surface area contributed by atoms with Gasteiger partial charge in [-0.3, -0.25) is 19.2 Å². The molecule has 183 valence electrons. The van der Waals surface area contributed by atoms with Crippen molar-refractivity contribution in [3.63, 3.8) is 0 Å². The van der Waals surface area contributed by atoms with Crippen molar-refractivity contribution in [2.24, 2.45) is 0 Å². The van der Waals surface area contributed by atoms with Gasteiger partial charge in [0.1, 0.15) is 12.7 Å². The lowest BCUT2D eigenvalue weighted by Gasteiger charge is -2.44. The summed E-state index contributed by atoms with van der Waals surface area (Å²) in [4.78, 5) is 46.5. The maximum atomic E-state index is 11.8. The number of hydrogen-bond donors (Lipinski definition) is 0. The van der Waals surface area contributed by atoms with Crippen molar-refractivity contribution in [3.05, 3.63) is 0 Å². The van der Waals surface area contributed by atoms with Crippen LogP contribution in [-0.4, -0.2) is 88.1 Å². The van der Waals surface area contributed by atoms with E-state index >= 15 is 0 Å². The summed E-state index contributed by atoms with van der Waals surface area (Å²) in [6, 6.07) is 1.17. The third-order valence-electron chi connectivity index (χ3n) is 4.20. The zero-order valence-electron chi connectivity index (χ0n) is 19.4. The van der Waals surface area contributed by atoms with Crippen molar-refractivity contribution in [2.75, 3.05) is 24.7 Å². The van der Waals surface area contributed by atoms with Crippen LogP contribution in [0.3, 0.4) is 0 Å². The number of carbonyl (C=O) groups excluding carboxylic acids is 4. The highest BCUT2D eigenvalue weighted by molar-refractivity contribution is 7.99. The quantitative estimate of drug-likeness (QED) is 0.170. The van der Waals surface area contributed by atoms with E-state index in [1.165, 1.54) is 33.7 Å². The summed E-state index contributed by atoms with van der Waals surface area (Å²) >= 11 is 1.73. The van der Waals surface area contributed by atoms with E-state index in [-0.39, 0.29) is 22.0 Å². The molecule has 1 aliphatic heterocycles. The SMILES string of the molecule is CC(=O)OC[C@H]1O[C@@H](OCCSCC[Si](C)C)[C@H](OC(C)=O)[C@@H](OC(C)=O)[C@@H]1OC(C)=O. The second-order valence-electron chi connectivity index (χ2n) is 7.51. The summed E-state index contributed by atoms with van der Waals surface area (Å²) in [5.74, 6) is -0.870. The van der Waals surface area contributed by atoms with Crippen molar-refractivity contribution in [3.8, 4) is 0 Å². The monoisotopic (exact) mass is 493 g/mol. The first-order valence-electron chi connectivity index (χ1n) is 10.3. The molecule has 0 aromatic heterocycles. The predicted molar refractivity (Wildman–Crippen MR) is 118 cm³/mol. The standard InChI is InChI=1S/C20H33O10SSi/c1-12(21)26-11-16-17(27-13(2)22)18(28-14(3)23)19(29-15(4)24)20(30-16)25-7-8-31-9-10-32(5)6/h16-20H,7-11H2,1-6H3/t16-,17-,18+,19-,20-/m1/s1. The number of ether oxygens (including phenoxy) is 6. The molecule has 0 saturated carbocycles. The lowest BCUT2D eigenvalue weighted by atomic mass is 9.98. The molecule has 1 fully saturated rings. The van der Waals surface area contributed by atoms with E-state index < -0.39 is 54.6 Å². The van der Waals surface area contributed by atoms with Crippen LogP contribution in [0.5, 0.6) is 0 Å². The minimum atomic E-state index is -1.21. The maximum absolute atomic E-state index is 11.8. The number of carbonyl (C=O) groups is 4. The molecular formula is C20H33O10SSi. The van der Waals surface area contributed by atoms with Gasteiger partial charge in [-0.05, 0) is 5.75 Å². The fraction of sp³-hybridized carbons (Fsp3) is 0.800. The molecule has 32 heavy (non-hydrogen) atoms. The molecule has 0 unspecified atom stereocenters. The molecule has 5 atom stereocenters. The van der Waals surface area contributed by atoms with Gasteiger partial charge in [0.2, 0.25) is 0 Å². The molecule has 1 saturated heterocycles. The molecule has 10 nitrogen and oxygen atoms in total. The van der Waals surface area contributed by atoms with Crippen molar-refractivity contribution in [1.29, 1.82) is 0 Å². The van der Waals surface area contributed by atoms with Crippen LogP contribution in [0.4, 0.5) is 0 Å². The highest BCUT2D eigenvalue weighted by Gasteiger charge is 2.52. The van der Waals surface area contributed by atoms with E-state index in [1.807, 2.05) is 0 Å². The Balaban J connectivity index is 3.04. The molecule has 1 heterocycles. The molecule has 1 rings (SSSR count). The largest absolute Gasteiger partial charge is 0.463 e. The van der Waals surface area contributed by atoms with Crippen LogP contribution in [0.25, 0.3) is 0 Å². The normalized spacial score (nSPS) is 25.2. The van der Waals surface area contributed by atoms with Gasteiger partial charge < -0.3 is 28.4 Å². The first-order chi connectivity index (χ1) is 15.0. The third kappa shape index (κ3) is 10.8. The van der Waals surface area contributed by atoms with Crippen LogP contribution in [0.15, 0.2) is 0 Å². The van der Waals surface area contributed by atoms with Crippen molar-refractivity contribution in [2.45, 2.75) is 77.5 Å². The summed E-state index contributed by atoms with van der Waals surface area (Å²) in [6.45, 7) is 9.28. The van der Waals surface area contributed by atoms with Gasteiger partial charge >= 0.3 is 23.9 Å². The Morgan fingerprint density at radius 1 is 0.812 bits per heavy atom. The van der Waals surface area contributed by atoms with Crippen LogP contribution in [-0.2, 0) is 47.6 Å². The van der Waals surface area contributed by atoms with E-state index in [0.717, 1.165) is 5.75 Å². The lowest BCUT2D eigenvalue weighted by molar-refractivity contribution is -0.307. The van der Waals surface area contributed by atoms with Crippen LogP contribution in [0.2, 0.25) is 19.1 Å². The fourth-order valence-corrected chi connectivity index (χ4v) is 5.55. The molecule has 0 amide bonds. The van der Waals surface area contributed by atoms with Gasteiger partial charge in [0, 0.05) is 42.2 Å². The average Bonchev–Trinajstić information content (AvgIpc) is 2.65. The number of rotatable bonds is 12. The minimum Gasteiger partial charge on any atom is -0.463 e. The molecule has 1 radical (unpaired) electrons. The zero-order valence-corrected chi connectivity index (χ0v) is 21.2. The van der Waals surface area contributed by atoms with E-state index in [9.17, 15) is 19.2 Å². The van der Waals surface area contributed by atoms with Crippen molar-refractivity contribution in [1.82, 2.24) is 0 Å². The topological polar surface area (TPSA) is 124 Å². The highest BCUT2D eigenvalue weighted by Crippen LogP contribution is 2.30. The Labute approximate surface area is 194 Å². The van der Waals surface area contributed by atoms with Gasteiger partial charge in [-0.1, -0.05) is 19.1 Å². The molecule has 0 aromatic rings. The molecule has 0 aromatic carbocycles. The summed E-state index contributed by atoms with van der Waals surface area (Å²) in [5, 5.41) is 0. The maximum Gasteiger partial charge on any atom is 0.303 e. The van der Waals surface area contributed by atoms with Crippen LogP contribution in [0, 0.1) is 0 Å². The van der Waals surface area contributed by atoms with E-state index in [4.69, 9.17) is 28.4 Å². The van der Waals surface area contributed by atoms with Crippen LogP contribution >= 0.6 is 11.8 Å². The molecule has 0 spiro atoms. The smallest absolute Gasteiger partial charge is 0.303 e. The van der Waals surface area contributed by atoms with Crippen LogP contribution < -0.4 is 0 Å². The Kier molecular flexibility index (Phi) is 12.9. The van der Waals surface area contributed by atoms with Gasteiger partial charge in [-0.2, -0.15) is 11.8 Å². The Hall–Kier alpha value is -1.63. The van der Waals surface area contributed by atoms with E-state index in [0.29, 0.717) is 5.75 Å². The lowest BCUT2D eigenvalue weighted by Crippen LogP contribution is -2.63. The van der Waals surface area contributed by atoms with Gasteiger partial charge in [-0.15, -0.1) is 0 Å². The summed E-state index contributed by atoms with van der Waals surface area (Å²) in [7, 11) is -0.294. The molecule has 0 bridgehead atoms. The van der Waals surface area contributed by atoms with Gasteiger partial charge in [0.05, 0.1) is 6.61 Å². The van der Waals surface area contributed by atoms with E-state index in [1.54, 1.807) is 11.8 Å². The number of esters is 4. The Morgan fingerprint density at radius 3 is 1.91 bits per heavy atom.